The third-order valence-corrected chi connectivity index (χ3v) is 3.85. The van der Waals surface area contributed by atoms with E-state index in [1.165, 1.54) is 0 Å². The van der Waals surface area contributed by atoms with Crippen molar-refractivity contribution < 1.29 is 14.3 Å². The minimum absolute atomic E-state index is 0.0316. The van der Waals surface area contributed by atoms with Gasteiger partial charge in [-0.15, -0.1) is 0 Å². The molecule has 2 rings (SSSR count). The van der Waals surface area contributed by atoms with E-state index in [9.17, 15) is 9.59 Å². The van der Waals surface area contributed by atoms with E-state index in [-0.39, 0.29) is 17.8 Å². The molecule has 1 aromatic rings. The molecule has 1 aliphatic rings. The molecule has 0 saturated carbocycles. The summed E-state index contributed by atoms with van der Waals surface area (Å²) in [7, 11) is 0. The van der Waals surface area contributed by atoms with Crippen molar-refractivity contribution in [3.8, 4) is 0 Å². The quantitative estimate of drug-likeness (QED) is 0.843. The fraction of sp³-hybridized carbons (Fsp3) is 0.588. The molecule has 1 N–H and O–H groups in total. The van der Waals surface area contributed by atoms with Gasteiger partial charge >= 0.3 is 5.97 Å². The standard InChI is InChI=1S/C17H25N3O3/c1-4-23-17(22)13-7-9-20(10-8-13)16(21)14-5-6-15(18-11-14)19-12(2)3/h5-6,11-13H,4,7-10H2,1-3H3,(H,18,19). The first-order valence-electron chi connectivity index (χ1n) is 8.19. The number of piperidine rings is 1. The zero-order chi connectivity index (χ0) is 16.8. The number of carbonyl (C=O) groups excluding carboxylic acids is 2. The molecule has 1 aromatic heterocycles. The van der Waals surface area contributed by atoms with E-state index in [4.69, 9.17) is 4.74 Å². The molecule has 6 heteroatoms. The molecule has 23 heavy (non-hydrogen) atoms. The van der Waals surface area contributed by atoms with Crippen LogP contribution in [0.3, 0.4) is 0 Å². The molecule has 0 atom stereocenters. The van der Waals surface area contributed by atoms with Crippen molar-refractivity contribution in [2.75, 3.05) is 25.0 Å². The summed E-state index contributed by atoms with van der Waals surface area (Å²) < 4.78 is 5.05. The van der Waals surface area contributed by atoms with Crippen molar-refractivity contribution >= 4 is 17.7 Å². The number of aromatic nitrogens is 1. The third-order valence-electron chi connectivity index (χ3n) is 3.85. The van der Waals surface area contributed by atoms with Crippen molar-refractivity contribution in [1.29, 1.82) is 0 Å². The van der Waals surface area contributed by atoms with Crippen molar-refractivity contribution in [2.24, 2.45) is 5.92 Å². The van der Waals surface area contributed by atoms with Gasteiger partial charge in [0.1, 0.15) is 5.82 Å². The van der Waals surface area contributed by atoms with Gasteiger partial charge in [0.25, 0.3) is 5.91 Å². The van der Waals surface area contributed by atoms with Gasteiger partial charge in [0, 0.05) is 25.3 Å². The second-order valence-corrected chi connectivity index (χ2v) is 6.05. The van der Waals surface area contributed by atoms with E-state index in [0.29, 0.717) is 44.1 Å². The maximum absolute atomic E-state index is 12.5. The smallest absolute Gasteiger partial charge is 0.309 e. The van der Waals surface area contributed by atoms with Crippen molar-refractivity contribution in [2.45, 2.75) is 39.7 Å². The number of likely N-dealkylation sites (tertiary alicyclic amines) is 1. The summed E-state index contributed by atoms with van der Waals surface area (Å²) >= 11 is 0. The maximum Gasteiger partial charge on any atom is 0.309 e. The van der Waals surface area contributed by atoms with Crippen molar-refractivity contribution in [1.82, 2.24) is 9.88 Å². The molecule has 0 aliphatic carbocycles. The molecule has 1 saturated heterocycles. The minimum Gasteiger partial charge on any atom is -0.466 e. The summed E-state index contributed by atoms with van der Waals surface area (Å²) in [6.45, 7) is 7.44. The van der Waals surface area contributed by atoms with Gasteiger partial charge in [-0.25, -0.2) is 4.98 Å². The minimum atomic E-state index is -0.148. The van der Waals surface area contributed by atoms with Crippen LogP contribution in [0, 0.1) is 5.92 Å². The Balaban J connectivity index is 1.90. The average molecular weight is 319 g/mol. The first-order valence-corrected chi connectivity index (χ1v) is 8.19. The maximum atomic E-state index is 12.5. The van der Waals surface area contributed by atoms with Crippen LogP contribution in [0.25, 0.3) is 0 Å². The Kier molecular flexibility index (Phi) is 5.96. The highest BCUT2D eigenvalue weighted by atomic mass is 16.5. The number of carbonyl (C=O) groups is 2. The largest absolute Gasteiger partial charge is 0.466 e. The van der Waals surface area contributed by atoms with E-state index in [2.05, 4.69) is 10.3 Å². The Morgan fingerprint density at radius 2 is 2.04 bits per heavy atom. The Labute approximate surface area is 137 Å². The van der Waals surface area contributed by atoms with E-state index in [1.54, 1.807) is 24.1 Å². The van der Waals surface area contributed by atoms with Crippen LogP contribution in [0.4, 0.5) is 5.82 Å². The van der Waals surface area contributed by atoms with Crippen LogP contribution in [0.5, 0.6) is 0 Å². The van der Waals surface area contributed by atoms with Crippen LogP contribution in [0.1, 0.15) is 44.0 Å². The molecular formula is C17H25N3O3. The van der Waals surface area contributed by atoms with E-state index in [0.717, 1.165) is 5.82 Å². The van der Waals surface area contributed by atoms with Crippen LogP contribution < -0.4 is 5.32 Å². The Hall–Kier alpha value is -2.11. The van der Waals surface area contributed by atoms with Gasteiger partial charge in [-0.3, -0.25) is 9.59 Å². The fourth-order valence-electron chi connectivity index (χ4n) is 2.66. The number of esters is 1. The van der Waals surface area contributed by atoms with E-state index >= 15 is 0 Å². The zero-order valence-corrected chi connectivity index (χ0v) is 14.0. The molecule has 0 spiro atoms. The van der Waals surface area contributed by atoms with Crippen LogP contribution >= 0.6 is 0 Å². The monoisotopic (exact) mass is 319 g/mol. The Morgan fingerprint density at radius 3 is 2.57 bits per heavy atom. The lowest BCUT2D eigenvalue weighted by molar-refractivity contribution is -0.149. The molecule has 1 aliphatic heterocycles. The van der Waals surface area contributed by atoms with Gasteiger partial charge in [-0.2, -0.15) is 0 Å². The number of anilines is 1. The molecule has 1 amide bonds. The lowest BCUT2D eigenvalue weighted by atomic mass is 9.96. The average Bonchev–Trinajstić information content (AvgIpc) is 2.55. The number of rotatable bonds is 5. The summed E-state index contributed by atoms with van der Waals surface area (Å²) in [4.78, 5) is 30.3. The van der Waals surface area contributed by atoms with Crippen LogP contribution in [-0.2, 0) is 9.53 Å². The summed E-state index contributed by atoms with van der Waals surface area (Å²) in [6, 6.07) is 3.90. The lowest BCUT2D eigenvalue weighted by Crippen LogP contribution is -2.40. The Morgan fingerprint density at radius 1 is 1.35 bits per heavy atom. The predicted molar refractivity (Wildman–Crippen MR) is 88.3 cm³/mol. The second-order valence-electron chi connectivity index (χ2n) is 6.05. The first-order chi connectivity index (χ1) is 11.0. The van der Waals surface area contributed by atoms with Crippen molar-refractivity contribution in [3.05, 3.63) is 23.9 Å². The third kappa shape index (κ3) is 4.68. The van der Waals surface area contributed by atoms with Crippen LogP contribution in [-0.4, -0.2) is 47.5 Å². The van der Waals surface area contributed by atoms with Crippen LogP contribution in [0.15, 0.2) is 18.3 Å². The lowest BCUT2D eigenvalue weighted by Gasteiger charge is -2.30. The molecule has 126 valence electrons. The summed E-state index contributed by atoms with van der Waals surface area (Å²) in [5.41, 5.74) is 0.578. The molecule has 1 fully saturated rings. The summed E-state index contributed by atoms with van der Waals surface area (Å²) in [5, 5.41) is 3.19. The number of nitrogens with one attached hydrogen (secondary N) is 1. The molecule has 0 radical (unpaired) electrons. The van der Waals surface area contributed by atoms with Gasteiger partial charge in [0.05, 0.1) is 18.1 Å². The highest BCUT2D eigenvalue weighted by Gasteiger charge is 2.28. The SMILES string of the molecule is CCOC(=O)C1CCN(C(=O)c2ccc(NC(C)C)nc2)CC1. The molecule has 6 nitrogen and oxygen atoms in total. The number of pyridine rings is 1. The van der Waals surface area contributed by atoms with E-state index < -0.39 is 0 Å². The second kappa shape index (κ2) is 7.94. The van der Waals surface area contributed by atoms with Crippen molar-refractivity contribution in [3.63, 3.8) is 0 Å². The normalized spacial score (nSPS) is 15.6. The summed E-state index contributed by atoms with van der Waals surface area (Å²) in [5.74, 6) is 0.494. The number of ether oxygens (including phenoxy) is 1. The number of amides is 1. The highest BCUT2D eigenvalue weighted by molar-refractivity contribution is 5.94. The number of hydrogen-bond acceptors (Lipinski definition) is 5. The first kappa shape index (κ1) is 17.2. The fourth-order valence-corrected chi connectivity index (χ4v) is 2.66. The molecular weight excluding hydrogens is 294 g/mol. The number of hydrogen-bond donors (Lipinski definition) is 1. The van der Waals surface area contributed by atoms with Gasteiger partial charge in [0.15, 0.2) is 0 Å². The van der Waals surface area contributed by atoms with Gasteiger partial charge in [-0.1, -0.05) is 0 Å². The van der Waals surface area contributed by atoms with Gasteiger partial charge in [-0.05, 0) is 45.7 Å². The number of nitrogens with zero attached hydrogens (tertiary/aromatic N) is 2. The predicted octanol–water partition coefficient (Wildman–Crippen LogP) is 2.32. The Bertz CT molecular complexity index is 535. The van der Waals surface area contributed by atoms with E-state index in [1.807, 2.05) is 19.9 Å². The molecule has 2 heterocycles. The topological polar surface area (TPSA) is 71.5 Å². The molecule has 0 aromatic carbocycles. The van der Waals surface area contributed by atoms with Gasteiger partial charge in [0.2, 0.25) is 0 Å². The van der Waals surface area contributed by atoms with Gasteiger partial charge < -0.3 is 15.0 Å². The molecule has 0 unspecified atom stereocenters. The zero-order valence-electron chi connectivity index (χ0n) is 14.0. The highest BCUT2D eigenvalue weighted by Crippen LogP contribution is 2.20. The molecule has 0 bridgehead atoms. The van der Waals surface area contributed by atoms with Crippen LogP contribution in [0.2, 0.25) is 0 Å². The summed E-state index contributed by atoms with van der Waals surface area (Å²) in [6.07, 6.45) is 2.92.